The minimum atomic E-state index is -0.898. The Morgan fingerprint density at radius 3 is 1.25 bits per heavy atom. The Kier molecular flexibility index (Phi) is 13.5. The molecule has 0 radical (unpaired) electrons. The summed E-state index contributed by atoms with van der Waals surface area (Å²) < 4.78 is 0. The summed E-state index contributed by atoms with van der Waals surface area (Å²) >= 11 is 0. The van der Waals surface area contributed by atoms with Crippen molar-refractivity contribution in [3.63, 3.8) is 0 Å². The van der Waals surface area contributed by atoms with E-state index in [2.05, 4.69) is 25.0 Å². The fourth-order valence-electron chi connectivity index (χ4n) is 0.972. The second-order valence-electron chi connectivity index (χ2n) is 4.85. The molecule has 0 unspecified atom stereocenters. The van der Waals surface area contributed by atoms with E-state index in [1.165, 1.54) is 0 Å². The maximum atomic E-state index is 10.2. The van der Waals surface area contributed by atoms with Gasteiger partial charge in [-0.05, 0) is 21.8 Å². The summed E-state index contributed by atoms with van der Waals surface area (Å²) in [6.07, 6.45) is 9.49. The van der Waals surface area contributed by atoms with Crippen LogP contribution in [0.2, 0.25) is 0 Å². The van der Waals surface area contributed by atoms with Crippen molar-refractivity contribution < 1.29 is 19.8 Å². The van der Waals surface area contributed by atoms with Crippen molar-refractivity contribution in [2.24, 2.45) is 11.5 Å². The van der Waals surface area contributed by atoms with Crippen molar-refractivity contribution in [3.8, 4) is 0 Å². The molecule has 0 spiro atoms. The van der Waals surface area contributed by atoms with E-state index >= 15 is 0 Å². The normalized spacial score (nSPS) is 13.6. The van der Waals surface area contributed by atoms with Crippen LogP contribution in [0.15, 0.2) is 0 Å². The van der Waals surface area contributed by atoms with E-state index in [4.69, 9.17) is 21.7 Å². The molecule has 8 heteroatoms. The molecule has 0 saturated heterocycles. The highest BCUT2D eigenvalue weighted by Crippen LogP contribution is 1.94. The van der Waals surface area contributed by atoms with Crippen molar-refractivity contribution >= 4 is 33.7 Å². The molecule has 0 heterocycles. The van der Waals surface area contributed by atoms with Gasteiger partial charge in [-0.25, -0.2) is 0 Å². The Labute approximate surface area is 127 Å². The third kappa shape index (κ3) is 15.6. The topological polar surface area (TPSA) is 127 Å². The van der Waals surface area contributed by atoms with E-state index in [9.17, 15) is 9.59 Å². The van der Waals surface area contributed by atoms with Gasteiger partial charge in [0.05, 0.1) is 25.0 Å². The average Bonchev–Trinajstić information content (AvgIpc) is 2.33. The minimum absolute atomic E-state index is 0.304. The Morgan fingerprint density at radius 1 is 0.850 bits per heavy atom. The van der Waals surface area contributed by atoms with Crippen molar-refractivity contribution in [1.82, 2.24) is 0 Å². The maximum Gasteiger partial charge on any atom is 0.320 e. The highest BCUT2D eigenvalue weighted by atomic mass is 32.2. The zero-order chi connectivity index (χ0) is 16.3. The summed E-state index contributed by atoms with van der Waals surface area (Å²) in [5.41, 5.74) is 10.5. The highest BCUT2D eigenvalue weighted by Gasteiger charge is 2.15. The first-order chi connectivity index (χ1) is 9.07. The lowest BCUT2D eigenvalue weighted by molar-refractivity contribution is -0.139. The largest absolute Gasteiger partial charge is 0.480 e. The van der Waals surface area contributed by atoms with Gasteiger partial charge in [-0.1, -0.05) is 0 Å². The van der Waals surface area contributed by atoms with Crippen LogP contribution in [0.5, 0.6) is 0 Å². The van der Waals surface area contributed by atoms with Crippen LogP contribution in [0.4, 0.5) is 0 Å². The van der Waals surface area contributed by atoms with Gasteiger partial charge in [0.2, 0.25) is 0 Å². The summed E-state index contributed by atoms with van der Waals surface area (Å²) in [6.45, 7) is 0. The molecule has 0 aromatic carbocycles. The standard InChI is InChI=1S/2C6H13NO2S/c2*1-10(2)4-3-5(7)6(8)9/h2*5H,3-4,7H2,1-2H3/p+2/t2*5-/m00/s1. The number of rotatable bonds is 8. The quantitative estimate of drug-likeness (QED) is 0.438. The number of hydrogen-bond donors (Lipinski definition) is 4. The van der Waals surface area contributed by atoms with Crippen molar-refractivity contribution in [2.45, 2.75) is 24.9 Å². The second-order valence-corrected chi connectivity index (χ2v) is 9.61. The molecule has 0 saturated carbocycles. The molecule has 0 rings (SSSR count). The number of carbonyl (C=O) groups is 2. The zero-order valence-corrected chi connectivity index (χ0v) is 14.3. The predicted octanol–water partition coefficient (Wildman–Crippen LogP) is -0.667. The molecular weight excluding hydrogens is 300 g/mol. The smallest absolute Gasteiger partial charge is 0.320 e. The van der Waals surface area contributed by atoms with Gasteiger partial charge in [-0.15, -0.1) is 0 Å². The first-order valence-corrected chi connectivity index (χ1v) is 10.5. The van der Waals surface area contributed by atoms with Crippen LogP contribution >= 0.6 is 0 Å². The van der Waals surface area contributed by atoms with Gasteiger partial charge >= 0.3 is 11.9 Å². The number of hydrogen-bond acceptors (Lipinski definition) is 4. The highest BCUT2D eigenvalue weighted by molar-refractivity contribution is 7.95. The number of carboxylic acids is 2. The van der Waals surface area contributed by atoms with Crippen molar-refractivity contribution in [3.05, 3.63) is 0 Å². The van der Waals surface area contributed by atoms with E-state index in [0.29, 0.717) is 34.6 Å². The van der Waals surface area contributed by atoms with E-state index in [1.807, 2.05) is 0 Å². The van der Waals surface area contributed by atoms with Crippen molar-refractivity contribution in [1.29, 1.82) is 0 Å². The molecule has 0 aliphatic heterocycles. The lowest BCUT2D eigenvalue weighted by Crippen LogP contribution is -2.31. The van der Waals surface area contributed by atoms with Crippen LogP contribution in [0.25, 0.3) is 0 Å². The molecule has 20 heavy (non-hydrogen) atoms. The molecule has 0 bridgehead atoms. The van der Waals surface area contributed by atoms with Crippen molar-refractivity contribution in [2.75, 3.05) is 36.5 Å². The molecule has 0 aliphatic rings. The fraction of sp³-hybridized carbons (Fsp3) is 0.833. The van der Waals surface area contributed by atoms with Gasteiger partial charge in [0, 0.05) is 12.8 Å². The van der Waals surface area contributed by atoms with Crippen LogP contribution < -0.4 is 11.5 Å². The first kappa shape index (κ1) is 21.9. The Balaban J connectivity index is 0. The Bertz CT molecular complexity index is 261. The third-order valence-corrected chi connectivity index (χ3v) is 4.41. The summed E-state index contributed by atoms with van der Waals surface area (Å²) in [7, 11) is 0.608. The molecule has 0 amide bonds. The summed E-state index contributed by atoms with van der Waals surface area (Å²) in [5, 5.41) is 16.7. The molecule has 6 nitrogen and oxygen atoms in total. The Morgan fingerprint density at radius 2 is 1.10 bits per heavy atom. The Hall–Kier alpha value is -0.440. The van der Waals surface area contributed by atoms with Gasteiger partial charge in [0.1, 0.15) is 23.6 Å². The molecule has 2 atom stereocenters. The molecule has 0 aromatic heterocycles. The van der Waals surface area contributed by atoms with Crippen LogP contribution in [0, 0.1) is 0 Å². The summed E-state index contributed by atoms with van der Waals surface area (Å²) in [6, 6.07) is -1.34. The second kappa shape index (κ2) is 12.3. The predicted molar refractivity (Wildman–Crippen MR) is 88.6 cm³/mol. The maximum absolute atomic E-state index is 10.2. The monoisotopic (exact) mass is 328 g/mol. The fourth-order valence-corrected chi connectivity index (χ4v) is 2.42. The van der Waals surface area contributed by atoms with Crippen LogP contribution in [-0.4, -0.2) is 70.8 Å². The first-order valence-electron chi connectivity index (χ1n) is 6.13. The summed E-state index contributed by atoms with van der Waals surface area (Å²) in [5.74, 6) is 0.0249. The molecule has 0 aromatic rings. The zero-order valence-electron chi connectivity index (χ0n) is 12.7. The van der Waals surface area contributed by atoms with Gasteiger partial charge in [0.15, 0.2) is 0 Å². The number of aliphatic carboxylic acids is 2. The van der Waals surface area contributed by atoms with Crippen LogP contribution in [0.3, 0.4) is 0 Å². The minimum Gasteiger partial charge on any atom is -0.480 e. The molecule has 6 N–H and O–H groups in total. The van der Waals surface area contributed by atoms with Gasteiger partial charge < -0.3 is 21.7 Å². The molecule has 0 aliphatic carbocycles. The van der Waals surface area contributed by atoms with E-state index in [1.54, 1.807) is 0 Å². The van der Waals surface area contributed by atoms with Gasteiger partial charge in [-0.2, -0.15) is 0 Å². The van der Waals surface area contributed by atoms with E-state index < -0.39 is 24.0 Å². The lowest BCUT2D eigenvalue weighted by atomic mass is 10.2. The van der Waals surface area contributed by atoms with Crippen LogP contribution in [0.1, 0.15) is 12.8 Å². The van der Waals surface area contributed by atoms with E-state index in [-0.39, 0.29) is 0 Å². The van der Waals surface area contributed by atoms with E-state index in [0.717, 1.165) is 11.5 Å². The lowest BCUT2D eigenvalue weighted by Gasteiger charge is -2.02. The molecule has 120 valence electrons. The third-order valence-electron chi connectivity index (χ3n) is 2.31. The van der Waals surface area contributed by atoms with Gasteiger partial charge in [-0.3, -0.25) is 9.59 Å². The SMILES string of the molecule is C[S+](C)CC[C@H](N)C(=O)O.C[S+](C)CC[C@H](N)C(=O)O. The average molecular weight is 329 g/mol. The summed E-state index contributed by atoms with van der Waals surface area (Å²) in [4.78, 5) is 20.4. The molecular formula is C12H28N2O4S2+2. The number of carboxylic acid groups (broad SMARTS) is 2. The molecule has 0 fully saturated rings. The van der Waals surface area contributed by atoms with Gasteiger partial charge in [0.25, 0.3) is 0 Å². The van der Waals surface area contributed by atoms with Crippen LogP contribution in [-0.2, 0) is 31.4 Å². The number of nitrogens with two attached hydrogens (primary N) is 2.